The smallest absolute Gasteiger partial charge is 0.253 e. The Bertz CT molecular complexity index is 1270. The number of hydrogen-bond acceptors (Lipinski definition) is 4. The third-order valence-corrected chi connectivity index (χ3v) is 8.80. The summed E-state index contributed by atoms with van der Waals surface area (Å²) in [5.74, 6) is 0.832. The van der Waals surface area contributed by atoms with Crippen LogP contribution in [0.3, 0.4) is 0 Å². The van der Waals surface area contributed by atoms with E-state index in [1.54, 1.807) is 24.1 Å². The summed E-state index contributed by atoms with van der Waals surface area (Å²) < 4.78 is 11.6. The summed E-state index contributed by atoms with van der Waals surface area (Å²) in [5.41, 5.74) is 4.29. The summed E-state index contributed by atoms with van der Waals surface area (Å²) >= 11 is 12.6. The fraction of sp³-hybridized carbons (Fsp3) is 0.387. The van der Waals surface area contributed by atoms with E-state index in [2.05, 4.69) is 29.2 Å². The minimum absolute atomic E-state index is 0.0188. The number of amides is 1. The Hall–Kier alpha value is -2.57. The van der Waals surface area contributed by atoms with Crippen molar-refractivity contribution in [3.05, 3.63) is 99.0 Å². The van der Waals surface area contributed by atoms with Crippen molar-refractivity contribution in [2.75, 3.05) is 40.3 Å². The number of likely N-dealkylation sites (tertiary alicyclic amines) is 1. The van der Waals surface area contributed by atoms with E-state index in [1.807, 2.05) is 37.4 Å². The fourth-order valence-electron chi connectivity index (χ4n) is 5.77. The van der Waals surface area contributed by atoms with Crippen LogP contribution in [0.1, 0.15) is 52.2 Å². The van der Waals surface area contributed by atoms with Crippen LogP contribution in [-0.4, -0.2) is 56.0 Å². The molecule has 2 aliphatic heterocycles. The predicted molar refractivity (Wildman–Crippen MR) is 152 cm³/mol. The second kappa shape index (κ2) is 11.7. The lowest BCUT2D eigenvalue weighted by Gasteiger charge is -2.40. The summed E-state index contributed by atoms with van der Waals surface area (Å²) in [7, 11) is 3.48. The molecule has 5 nitrogen and oxygen atoms in total. The number of ether oxygens (including phenoxy) is 2. The Morgan fingerprint density at radius 2 is 1.79 bits per heavy atom. The lowest BCUT2D eigenvalue weighted by molar-refractivity contribution is -0.0790. The van der Waals surface area contributed by atoms with Crippen LogP contribution in [0.2, 0.25) is 10.0 Å². The van der Waals surface area contributed by atoms with Crippen molar-refractivity contribution in [1.82, 2.24) is 9.80 Å². The van der Waals surface area contributed by atoms with Crippen LogP contribution in [0, 0.1) is 0 Å². The van der Waals surface area contributed by atoms with Crippen molar-refractivity contribution in [3.8, 4) is 5.75 Å². The highest BCUT2D eigenvalue weighted by Gasteiger charge is 2.42. The number of carbonyl (C=O) groups excluding carboxylic acids is 1. The molecule has 3 aromatic carbocycles. The second-order valence-electron chi connectivity index (χ2n) is 10.4. The molecular weight excluding hydrogens is 519 g/mol. The van der Waals surface area contributed by atoms with Crippen molar-refractivity contribution in [3.63, 3.8) is 0 Å². The summed E-state index contributed by atoms with van der Waals surface area (Å²) in [6.45, 7) is 4.21. The van der Waals surface area contributed by atoms with Crippen LogP contribution < -0.4 is 4.74 Å². The van der Waals surface area contributed by atoms with Gasteiger partial charge in [0.25, 0.3) is 5.91 Å². The number of fused-ring (bicyclic) bond motifs is 2. The third-order valence-electron chi connectivity index (χ3n) is 8.06. The molecule has 0 saturated carbocycles. The van der Waals surface area contributed by atoms with Crippen molar-refractivity contribution in [2.45, 2.75) is 37.4 Å². The zero-order valence-corrected chi connectivity index (χ0v) is 23.5. The van der Waals surface area contributed by atoms with Gasteiger partial charge in [-0.15, -0.1) is 0 Å². The van der Waals surface area contributed by atoms with Crippen LogP contribution in [-0.2, 0) is 16.9 Å². The maximum Gasteiger partial charge on any atom is 0.253 e. The first-order valence-corrected chi connectivity index (χ1v) is 13.9. The minimum atomic E-state index is -0.138. The van der Waals surface area contributed by atoms with E-state index >= 15 is 0 Å². The molecule has 1 amide bonds. The summed E-state index contributed by atoms with van der Waals surface area (Å²) in [4.78, 5) is 17.5. The zero-order valence-electron chi connectivity index (χ0n) is 22.0. The van der Waals surface area contributed by atoms with E-state index in [1.165, 1.54) is 11.1 Å². The number of piperidine rings is 1. The molecule has 0 bridgehead atoms. The molecular formula is C31H34Cl2N2O3. The van der Waals surface area contributed by atoms with Gasteiger partial charge in [0.15, 0.2) is 0 Å². The van der Waals surface area contributed by atoms with Gasteiger partial charge in [0.1, 0.15) is 5.75 Å². The van der Waals surface area contributed by atoms with Gasteiger partial charge in [-0.2, -0.15) is 0 Å². The highest BCUT2D eigenvalue weighted by atomic mass is 35.5. The molecule has 7 heteroatoms. The third kappa shape index (κ3) is 5.72. The number of nitrogens with zero attached hydrogens (tertiary/aromatic N) is 2. The predicted octanol–water partition coefficient (Wildman–Crippen LogP) is 6.77. The van der Waals surface area contributed by atoms with Gasteiger partial charge in [0, 0.05) is 38.2 Å². The van der Waals surface area contributed by atoms with Crippen LogP contribution in [0.5, 0.6) is 5.75 Å². The molecule has 1 fully saturated rings. The first-order valence-electron chi connectivity index (χ1n) is 13.2. The average Bonchev–Trinajstić information content (AvgIpc) is 3.31. The maximum absolute atomic E-state index is 13.2. The molecule has 5 rings (SSSR count). The van der Waals surface area contributed by atoms with Crippen molar-refractivity contribution >= 4 is 29.1 Å². The Kier molecular flexibility index (Phi) is 8.29. The molecule has 0 unspecified atom stereocenters. The Morgan fingerprint density at radius 1 is 1.05 bits per heavy atom. The van der Waals surface area contributed by atoms with Gasteiger partial charge in [0.2, 0.25) is 0 Å². The maximum atomic E-state index is 13.2. The minimum Gasteiger partial charge on any atom is -0.497 e. The Morgan fingerprint density at radius 3 is 2.50 bits per heavy atom. The number of likely N-dealkylation sites (N-methyl/N-ethyl adjacent to an activating group) is 1. The SMILES string of the molecule is COc1ccc(C(=O)N(C)C[C@H](CCN2CCC3(CC2)OCc2ccccc23)c2ccc(Cl)c(Cl)c2)cc1. The standard InChI is InChI=1S/C31H34Cl2N2O3/c1-34(30(36)22-7-10-26(37-2)11-8-22)20-24(23-9-12-28(32)29(33)19-23)13-16-35-17-14-31(15-18-35)27-6-4-3-5-25(27)21-38-31/h3-12,19,24H,13-18,20-21H2,1-2H3/t24-/m0/s1. The van der Waals surface area contributed by atoms with Gasteiger partial charge in [-0.1, -0.05) is 53.5 Å². The van der Waals surface area contributed by atoms with Gasteiger partial charge in [-0.3, -0.25) is 4.79 Å². The van der Waals surface area contributed by atoms with Crippen LogP contribution in [0.25, 0.3) is 0 Å². The normalized spacial score (nSPS) is 17.3. The van der Waals surface area contributed by atoms with Crippen molar-refractivity contribution < 1.29 is 14.3 Å². The quantitative estimate of drug-likeness (QED) is 0.309. The number of halogens is 2. The molecule has 0 aromatic heterocycles. The van der Waals surface area contributed by atoms with Gasteiger partial charge < -0.3 is 19.3 Å². The molecule has 1 atom stereocenters. The second-order valence-corrected chi connectivity index (χ2v) is 11.2. The van der Waals surface area contributed by atoms with E-state index in [9.17, 15) is 4.79 Å². The number of benzene rings is 3. The van der Waals surface area contributed by atoms with Crippen LogP contribution in [0.4, 0.5) is 0 Å². The number of methoxy groups -OCH3 is 1. The molecule has 3 aromatic rings. The highest BCUT2D eigenvalue weighted by molar-refractivity contribution is 6.42. The monoisotopic (exact) mass is 552 g/mol. The van der Waals surface area contributed by atoms with Crippen LogP contribution >= 0.6 is 23.2 Å². The van der Waals surface area contributed by atoms with Gasteiger partial charge in [0.05, 0.1) is 29.4 Å². The Labute approximate surface area is 235 Å². The molecule has 200 valence electrons. The molecule has 38 heavy (non-hydrogen) atoms. The fourth-order valence-corrected chi connectivity index (χ4v) is 6.08. The summed E-state index contributed by atoms with van der Waals surface area (Å²) in [6, 6.07) is 21.7. The Balaban J connectivity index is 1.25. The zero-order chi connectivity index (χ0) is 26.7. The number of carbonyl (C=O) groups is 1. The summed E-state index contributed by atoms with van der Waals surface area (Å²) in [5, 5.41) is 1.07. The van der Waals surface area contributed by atoms with Gasteiger partial charge in [-0.05, 0) is 78.9 Å². The van der Waals surface area contributed by atoms with Crippen LogP contribution in [0.15, 0.2) is 66.7 Å². The molecule has 2 heterocycles. The first-order chi connectivity index (χ1) is 18.4. The first kappa shape index (κ1) is 27.0. The van der Waals surface area contributed by atoms with Crippen molar-refractivity contribution in [2.24, 2.45) is 0 Å². The molecule has 1 saturated heterocycles. The highest BCUT2D eigenvalue weighted by Crippen LogP contribution is 2.44. The van der Waals surface area contributed by atoms with Gasteiger partial charge in [-0.25, -0.2) is 0 Å². The van der Waals surface area contributed by atoms with E-state index in [0.29, 0.717) is 28.8 Å². The summed E-state index contributed by atoms with van der Waals surface area (Å²) in [6.07, 6.45) is 2.90. The van der Waals surface area contributed by atoms with E-state index in [-0.39, 0.29) is 17.4 Å². The molecule has 2 aliphatic rings. The largest absolute Gasteiger partial charge is 0.497 e. The molecule has 0 aliphatic carbocycles. The number of hydrogen-bond donors (Lipinski definition) is 0. The topological polar surface area (TPSA) is 42.0 Å². The van der Waals surface area contributed by atoms with Crippen molar-refractivity contribution in [1.29, 1.82) is 0 Å². The molecule has 1 spiro atoms. The molecule has 0 radical (unpaired) electrons. The lowest BCUT2D eigenvalue weighted by atomic mass is 9.83. The average molecular weight is 554 g/mol. The number of rotatable bonds is 8. The molecule has 0 N–H and O–H groups in total. The van der Waals surface area contributed by atoms with E-state index in [4.69, 9.17) is 32.7 Å². The lowest BCUT2D eigenvalue weighted by Crippen LogP contribution is -2.43. The van der Waals surface area contributed by atoms with E-state index in [0.717, 1.165) is 50.2 Å². The van der Waals surface area contributed by atoms with Gasteiger partial charge >= 0.3 is 0 Å². The van der Waals surface area contributed by atoms with E-state index < -0.39 is 0 Å².